The Morgan fingerprint density at radius 1 is 1.24 bits per heavy atom. The summed E-state index contributed by atoms with van der Waals surface area (Å²) in [6.07, 6.45) is 1.85. The fourth-order valence-electron chi connectivity index (χ4n) is 2.66. The van der Waals surface area contributed by atoms with Crippen LogP contribution < -0.4 is 4.74 Å². The van der Waals surface area contributed by atoms with Crippen LogP contribution in [0, 0.1) is 6.92 Å². The lowest BCUT2D eigenvalue weighted by atomic mass is 9.87. The molecule has 0 radical (unpaired) electrons. The van der Waals surface area contributed by atoms with E-state index < -0.39 is 6.10 Å². The molecule has 1 aliphatic rings. The van der Waals surface area contributed by atoms with Crippen molar-refractivity contribution in [3.63, 3.8) is 0 Å². The van der Waals surface area contributed by atoms with Crippen molar-refractivity contribution < 1.29 is 9.84 Å². The zero-order valence-electron chi connectivity index (χ0n) is 15.4. The van der Waals surface area contributed by atoms with Crippen LogP contribution in [0.5, 0.6) is 5.75 Å². The Labute approximate surface area is 153 Å². The van der Waals surface area contributed by atoms with E-state index in [1.165, 1.54) is 18.4 Å². The second kappa shape index (κ2) is 7.38. The predicted octanol–water partition coefficient (Wildman–Crippen LogP) is 3.75. The van der Waals surface area contributed by atoms with E-state index in [0.29, 0.717) is 11.8 Å². The quantitative estimate of drug-likeness (QED) is 0.761. The normalized spacial score (nSPS) is 16.0. The largest absolute Gasteiger partial charge is 0.491 e. The van der Waals surface area contributed by atoms with E-state index in [9.17, 15) is 5.11 Å². The maximum atomic E-state index is 10.2. The molecule has 1 heterocycles. The summed E-state index contributed by atoms with van der Waals surface area (Å²) in [5.41, 5.74) is 1.40. The van der Waals surface area contributed by atoms with E-state index in [1.54, 1.807) is 11.8 Å². The van der Waals surface area contributed by atoms with Crippen LogP contribution in [0.3, 0.4) is 0 Å². The number of ether oxygens (including phenoxy) is 1. The van der Waals surface area contributed by atoms with Gasteiger partial charge in [-0.05, 0) is 42.9 Å². The Bertz CT molecular complexity index is 702. The number of aromatic nitrogens is 3. The molecule has 5 nitrogen and oxygen atoms in total. The van der Waals surface area contributed by atoms with Crippen molar-refractivity contribution in [1.82, 2.24) is 14.8 Å². The summed E-state index contributed by atoms with van der Waals surface area (Å²) in [6, 6.07) is 8.64. The van der Waals surface area contributed by atoms with Gasteiger partial charge in [-0.2, -0.15) is 0 Å². The van der Waals surface area contributed by atoms with E-state index >= 15 is 0 Å². The lowest BCUT2D eigenvalue weighted by Gasteiger charge is -2.19. The first-order chi connectivity index (χ1) is 11.8. The summed E-state index contributed by atoms with van der Waals surface area (Å²) in [4.78, 5) is 0. The lowest BCUT2D eigenvalue weighted by Crippen LogP contribution is -2.20. The summed E-state index contributed by atoms with van der Waals surface area (Å²) in [6.45, 7) is 8.82. The van der Waals surface area contributed by atoms with Crippen LogP contribution in [0.25, 0.3) is 0 Å². The molecule has 3 rings (SSSR count). The molecular weight excluding hydrogens is 334 g/mol. The number of nitrogens with zero attached hydrogens (tertiary/aromatic N) is 3. The number of aliphatic hydroxyl groups is 1. The number of rotatable bonds is 7. The van der Waals surface area contributed by atoms with Crippen molar-refractivity contribution in [1.29, 1.82) is 0 Å². The number of aliphatic hydroxyl groups excluding tert-OH is 1. The molecule has 1 aromatic heterocycles. The van der Waals surface area contributed by atoms with Crippen molar-refractivity contribution in [2.24, 2.45) is 0 Å². The van der Waals surface area contributed by atoms with Crippen molar-refractivity contribution >= 4 is 11.8 Å². The number of hydrogen-bond donors (Lipinski definition) is 1. The molecule has 1 fully saturated rings. The molecule has 0 amide bonds. The van der Waals surface area contributed by atoms with Gasteiger partial charge in [-0.25, -0.2) is 0 Å². The predicted molar refractivity (Wildman–Crippen MR) is 100 cm³/mol. The zero-order valence-corrected chi connectivity index (χ0v) is 16.2. The van der Waals surface area contributed by atoms with Crippen molar-refractivity contribution in [2.75, 3.05) is 12.4 Å². The molecule has 136 valence electrons. The molecule has 0 saturated heterocycles. The smallest absolute Gasteiger partial charge is 0.191 e. The van der Waals surface area contributed by atoms with Crippen molar-refractivity contribution in [3.05, 3.63) is 35.7 Å². The van der Waals surface area contributed by atoms with Crippen LogP contribution in [-0.2, 0) is 5.41 Å². The van der Waals surface area contributed by atoms with Gasteiger partial charge in [0.25, 0.3) is 0 Å². The third-order valence-electron chi connectivity index (χ3n) is 4.31. The van der Waals surface area contributed by atoms with Crippen LogP contribution in [0.15, 0.2) is 29.4 Å². The molecule has 6 heteroatoms. The first-order valence-corrected chi connectivity index (χ1v) is 9.79. The van der Waals surface area contributed by atoms with Gasteiger partial charge in [0.15, 0.2) is 5.16 Å². The summed E-state index contributed by atoms with van der Waals surface area (Å²) in [7, 11) is 0. The zero-order chi connectivity index (χ0) is 18.0. The highest BCUT2D eigenvalue weighted by Crippen LogP contribution is 2.38. The Balaban J connectivity index is 1.47. The van der Waals surface area contributed by atoms with Crippen molar-refractivity contribution in [3.8, 4) is 5.75 Å². The third-order valence-corrected chi connectivity index (χ3v) is 5.40. The van der Waals surface area contributed by atoms with Gasteiger partial charge in [0.2, 0.25) is 0 Å². The molecule has 1 N–H and O–H groups in total. The average molecular weight is 362 g/mol. The minimum atomic E-state index is -0.544. The van der Waals surface area contributed by atoms with Crippen LogP contribution in [0.2, 0.25) is 0 Å². The Morgan fingerprint density at radius 2 is 1.92 bits per heavy atom. The first kappa shape index (κ1) is 18.3. The summed E-state index contributed by atoms with van der Waals surface area (Å²) < 4.78 is 7.90. The maximum Gasteiger partial charge on any atom is 0.191 e. The summed E-state index contributed by atoms with van der Waals surface area (Å²) in [5, 5.41) is 19.5. The molecule has 1 aliphatic carbocycles. The van der Waals surface area contributed by atoms with Crippen LogP contribution in [0.4, 0.5) is 0 Å². The summed E-state index contributed by atoms with van der Waals surface area (Å²) >= 11 is 1.54. The standard InChI is InChI=1S/C19H27N3O2S/c1-13-20-21-18(22(13)15-7-8-15)25-12-16(23)11-24-17-9-5-14(6-10-17)19(2,3)4/h5-6,9-10,15-16,23H,7-8,11-12H2,1-4H3/t16-/m1/s1. The van der Waals surface area contributed by atoms with Gasteiger partial charge in [0, 0.05) is 11.8 Å². The van der Waals surface area contributed by atoms with E-state index in [2.05, 4.69) is 47.7 Å². The van der Waals surface area contributed by atoms with Crippen LogP contribution >= 0.6 is 11.8 Å². The third kappa shape index (κ3) is 4.76. The number of hydrogen-bond acceptors (Lipinski definition) is 5. The first-order valence-electron chi connectivity index (χ1n) is 8.80. The topological polar surface area (TPSA) is 60.2 Å². The molecular formula is C19H27N3O2S. The molecule has 1 atom stereocenters. The molecule has 2 aromatic rings. The second-order valence-electron chi connectivity index (χ2n) is 7.68. The molecule has 1 aromatic carbocycles. The molecule has 1 saturated carbocycles. The van der Waals surface area contributed by atoms with Gasteiger partial charge in [0.1, 0.15) is 18.2 Å². The monoisotopic (exact) mass is 361 g/mol. The van der Waals surface area contributed by atoms with Gasteiger partial charge in [-0.3, -0.25) is 0 Å². The number of aryl methyl sites for hydroxylation is 1. The molecule has 25 heavy (non-hydrogen) atoms. The van der Waals surface area contributed by atoms with Crippen molar-refractivity contribution in [2.45, 2.75) is 63.3 Å². The van der Waals surface area contributed by atoms with E-state index in [1.807, 2.05) is 19.1 Å². The Morgan fingerprint density at radius 3 is 2.52 bits per heavy atom. The minimum absolute atomic E-state index is 0.129. The van der Waals surface area contributed by atoms with Gasteiger partial charge in [0.05, 0.1) is 6.10 Å². The summed E-state index contributed by atoms with van der Waals surface area (Å²) in [5.74, 6) is 2.29. The van der Waals surface area contributed by atoms with Crippen LogP contribution in [-0.4, -0.2) is 38.3 Å². The molecule has 0 aliphatic heterocycles. The lowest BCUT2D eigenvalue weighted by molar-refractivity contribution is 0.126. The fourth-order valence-corrected chi connectivity index (χ4v) is 3.62. The highest BCUT2D eigenvalue weighted by Gasteiger charge is 2.28. The van der Waals surface area contributed by atoms with E-state index in [-0.39, 0.29) is 12.0 Å². The van der Waals surface area contributed by atoms with E-state index in [0.717, 1.165) is 16.7 Å². The second-order valence-corrected chi connectivity index (χ2v) is 8.67. The van der Waals surface area contributed by atoms with Gasteiger partial charge < -0.3 is 14.4 Å². The van der Waals surface area contributed by atoms with E-state index in [4.69, 9.17) is 4.74 Å². The molecule has 0 bridgehead atoms. The highest BCUT2D eigenvalue weighted by atomic mass is 32.2. The average Bonchev–Trinajstić information content (AvgIpc) is 3.33. The Hall–Kier alpha value is -1.53. The Kier molecular flexibility index (Phi) is 5.39. The minimum Gasteiger partial charge on any atom is -0.491 e. The highest BCUT2D eigenvalue weighted by molar-refractivity contribution is 7.99. The van der Waals surface area contributed by atoms with Gasteiger partial charge >= 0.3 is 0 Å². The SMILES string of the molecule is Cc1nnc(SC[C@H](O)COc2ccc(C(C)(C)C)cc2)n1C1CC1. The van der Waals surface area contributed by atoms with Gasteiger partial charge in [-0.15, -0.1) is 10.2 Å². The maximum absolute atomic E-state index is 10.2. The molecule has 0 unspecified atom stereocenters. The van der Waals surface area contributed by atoms with Crippen LogP contribution in [0.1, 0.15) is 51.0 Å². The fraction of sp³-hybridized carbons (Fsp3) is 0.579. The number of benzene rings is 1. The van der Waals surface area contributed by atoms with Gasteiger partial charge in [-0.1, -0.05) is 44.7 Å². The molecule has 0 spiro atoms. The number of thioether (sulfide) groups is 1.